The van der Waals surface area contributed by atoms with Crippen molar-refractivity contribution >= 4 is 11.6 Å². The van der Waals surface area contributed by atoms with Crippen LogP contribution in [0.1, 0.15) is 11.1 Å². The maximum absolute atomic E-state index is 12.2. The molecule has 4 heteroatoms. The van der Waals surface area contributed by atoms with Crippen LogP contribution in [0.15, 0.2) is 66.7 Å². The standard InChI is InChI=1S/C22H19NO3/c1-25-20-8-4-5-9-21(20)26-14-22(24)23-17-10-11-19-16(13-17)12-15-6-2-3-7-18(15)19/h2-11,13H,12,14H2,1H3,(H,23,24). The molecule has 0 atom stereocenters. The zero-order chi connectivity index (χ0) is 17.9. The second kappa shape index (κ2) is 6.92. The lowest BCUT2D eigenvalue weighted by Crippen LogP contribution is -2.20. The molecule has 3 aromatic rings. The van der Waals surface area contributed by atoms with E-state index in [9.17, 15) is 4.79 Å². The van der Waals surface area contributed by atoms with E-state index in [4.69, 9.17) is 9.47 Å². The Hall–Kier alpha value is -3.27. The molecule has 26 heavy (non-hydrogen) atoms. The molecule has 3 aromatic carbocycles. The Kier molecular flexibility index (Phi) is 4.32. The highest BCUT2D eigenvalue weighted by atomic mass is 16.5. The second-order valence-electron chi connectivity index (χ2n) is 6.19. The quantitative estimate of drug-likeness (QED) is 0.587. The molecule has 0 saturated heterocycles. The van der Waals surface area contributed by atoms with E-state index in [0.29, 0.717) is 11.5 Å². The van der Waals surface area contributed by atoms with Gasteiger partial charge >= 0.3 is 0 Å². The molecule has 0 saturated carbocycles. The lowest BCUT2D eigenvalue weighted by atomic mass is 10.1. The number of rotatable bonds is 5. The van der Waals surface area contributed by atoms with Gasteiger partial charge in [0, 0.05) is 5.69 Å². The van der Waals surface area contributed by atoms with Crippen LogP contribution in [0, 0.1) is 0 Å². The molecule has 0 spiro atoms. The third-order valence-corrected chi connectivity index (χ3v) is 4.51. The number of fused-ring (bicyclic) bond motifs is 3. The van der Waals surface area contributed by atoms with Crippen LogP contribution >= 0.6 is 0 Å². The Bertz CT molecular complexity index is 965. The molecule has 1 amide bonds. The molecule has 0 radical (unpaired) electrons. The van der Waals surface area contributed by atoms with Crippen LogP contribution in [-0.4, -0.2) is 19.6 Å². The summed E-state index contributed by atoms with van der Waals surface area (Å²) in [7, 11) is 1.57. The summed E-state index contributed by atoms with van der Waals surface area (Å²) in [4.78, 5) is 12.2. The van der Waals surface area contributed by atoms with Crippen molar-refractivity contribution in [3.63, 3.8) is 0 Å². The number of nitrogens with one attached hydrogen (secondary N) is 1. The lowest BCUT2D eigenvalue weighted by molar-refractivity contribution is -0.118. The van der Waals surface area contributed by atoms with E-state index in [1.165, 1.54) is 22.3 Å². The van der Waals surface area contributed by atoms with Crippen LogP contribution in [0.5, 0.6) is 11.5 Å². The number of hydrogen-bond acceptors (Lipinski definition) is 3. The fourth-order valence-corrected chi connectivity index (χ4v) is 3.30. The summed E-state index contributed by atoms with van der Waals surface area (Å²) in [5.41, 5.74) is 5.86. The van der Waals surface area contributed by atoms with Crippen LogP contribution < -0.4 is 14.8 Å². The van der Waals surface area contributed by atoms with Crippen molar-refractivity contribution in [3.05, 3.63) is 77.9 Å². The number of carbonyl (C=O) groups excluding carboxylic acids is 1. The Morgan fingerprint density at radius 3 is 2.50 bits per heavy atom. The first-order valence-electron chi connectivity index (χ1n) is 8.51. The zero-order valence-corrected chi connectivity index (χ0v) is 14.5. The highest BCUT2D eigenvalue weighted by Gasteiger charge is 2.18. The molecule has 1 N–H and O–H groups in total. The minimum atomic E-state index is -0.202. The molecule has 1 aliphatic rings. The van der Waals surface area contributed by atoms with Gasteiger partial charge in [-0.1, -0.05) is 42.5 Å². The smallest absolute Gasteiger partial charge is 0.262 e. The van der Waals surface area contributed by atoms with E-state index in [1.807, 2.05) is 24.3 Å². The molecule has 0 aliphatic heterocycles. The Labute approximate surface area is 152 Å². The maximum atomic E-state index is 12.2. The van der Waals surface area contributed by atoms with Crippen molar-refractivity contribution in [2.45, 2.75) is 6.42 Å². The second-order valence-corrected chi connectivity index (χ2v) is 6.19. The summed E-state index contributed by atoms with van der Waals surface area (Å²) in [6.45, 7) is -0.0717. The lowest BCUT2D eigenvalue weighted by Gasteiger charge is -2.11. The third kappa shape index (κ3) is 3.14. The van der Waals surface area contributed by atoms with Gasteiger partial charge in [0.1, 0.15) is 0 Å². The van der Waals surface area contributed by atoms with E-state index >= 15 is 0 Å². The summed E-state index contributed by atoms with van der Waals surface area (Å²) in [5, 5.41) is 2.90. The molecular formula is C22H19NO3. The van der Waals surface area contributed by atoms with Gasteiger partial charge < -0.3 is 14.8 Å². The van der Waals surface area contributed by atoms with E-state index in [1.54, 1.807) is 19.2 Å². The summed E-state index contributed by atoms with van der Waals surface area (Å²) in [6, 6.07) is 21.7. The van der Waals surface area contributed by atoms with Crippen molar-refractivity contribution < 1.29 is 14.3 Å². The zero-order valence-electron chi connectivity index (χ0n) is 14.5. The van der Waals surface area contributed by atoms with Crippen molar-refractivity contribution in [1.82, 2.24) is 0 Å². The van der Waals surface area contributed by atoms with Crippen LogP contribution in [0.25, 0.3) is 11.1 Å². The first kappa shape index (κ1) is 16.2. The van der Waals surface area contributed by atoms with Crippen LogP contribution in [-0.2, 0) is 11.2 Å². The SMILES string of the molecule is COc1ccccc1OCC(=O)Nc1ccc2c(c1)Cc1ccccc1-2. The molecular weight excluding hydrogens is 326 g/mol. The van der Waals surface area contributed by atoms with Gasteiger partial charge in [-0.2, -0.15) is 0 Å². The van der Waals surface area contributed by atoms with E-state index in [2.05, 4.69) is 35.6 Å². The summed E-state index contributed by atoms with van der Waals surface area (Å²) >= 11 is 0. The van der Waals surface area contributed by atoms with Gasteiger partial charge in [-0.15, -0.1) is 0 Å². The fourth-order valence-electron chi connectivity index (χ4n) is 3.30. The third-order valence-electron chi connectivity index (χ3n) is 4.51. The van der Waals surface area contributed by atoms with Crippen molar-refractivity contribution in [2.24, 2.45) is 0 Å². The Balaban J connectivity index is 1.42. The van der Waals surface area contributed by atoms with E-state index in [0.717, 1.165) is 12.1 Å². The van der Waals surface area contributed by atoms with Gasteiger partial charge in [0.05, 0.1) is 7.11 Å². The van der Waals surface area contributed by atoms with Crippen LogP contribution in [0.4, 0.5) is 5.69 Å². The van der Waals surface area contributed by atoms with Gasteiger partial charge in [0.2, 0.25) is 0 Å². The molecule has 1 aliphatic carbocycles. The molecule has 4 nitrogen and oxygen atoms in total. The number of carbonyl (C=O) groups is 1. The Morgan fingerprint density at radius 2 is 1.65 bits per heavy atom. The molecule has 0 unspecified atom stereocenters. The van der Waals surface area contributed by atoms with E-state index in [-0.39, 0.29) is 12.5 Å². The number of para-hydroxylation sites is 2. The molecule has 0 bridgehead atoms. The molecule has 0 aromatic heterocycles. The normalized spacial score (nSPS) is 11.4. The van der Waals surface area contributed by atoms with Gasteiger partial charge in [0.25, 0.3) is 5.91 Å². The van der Waals surface area contributed by atoms with Gasteiger partial charge in [0.15, 0.2) is 18.1 Å². The van der Waals surface area contributed by atoms with E-state index < -0.39 is 0 Å². The number of methoxy groups -OCH3 is 1. The Morgan fingerprint density at radius 1 is 0.923 bits per heavy atom. The highest BCUT2D eigenvalue weighted by Crippen LogP contribution is 2.37. The maximum Gasteiger partial charge on any atom is 0.262 e. The molecule has 130 valence electrons. The number of anilines is 1. The largest absolute Gasteiger partial charge is 0.493 e. The minimum Gasteiger partial charge on any atom is -0.493 e. The van der Waals surface area contributed by atoms with Gasteiger partial charge in [-0.3, -0.25) is 4.79 Å². The van der Waals surface area contributed by atoms with Crippen molar-refractivity contribution in [1.29, 1.82) is 0 Å². The average Bonchev–Trinajstić information content (AvgIpc) is 3.04. The van der Waals surface area contributed by atoms with Gasteiger partial charge in [-0.25, -0.2) is 0 Å². The highest BCUT2D eigenvalue weighted by molar-refractivity contribution is 5.93. The molecule has 0 heterocycles. The number of benzene rings is 3. The van der Waals surface area contributed by atoms with Gasteiger partial charge in [-0.05, 0) is 52.9 Å². The predicted molar refractivity (Wildman–Crippen MR) is 102 cm³/mol. The summed E-state index contributed by atoms with van der Waals surface area (Å²) in [5.74, 6) is 0.955. The number of ether oxygens (including phenoxy) is 2. The van der Waals surface area contributed by atoms with Crippen LogP contribution in [0.3, 0.4) is 0 Å². The minimum absolute atomic E-state index is 0.0717. The molecule has 4 rings (SSSR count). The topological polar surface area (TPSA) is 47.6 Å². The fraction of sp³-hybridized carbons (Fsp3) is 0.136. The summed E-state index contributed by atoms with van der Waals surface area (Å²) < 4.78 is 10.8. The number of hydrogen-bond donors (Lipinski definition) is 1. The summed E-state index contributed by atoms with van der Waals surface area (Å²) in [6.07, 6.45) is 0.896. The first-order valence-corrected chi connectivity index (χ1v) is 8.51. The van der Waals surface area contributed by atoms with Crippen molar-refractivity contribution in [2.75, 3.05) is 19.0 Å². The molecule has 0 fully saturated rings. The van der Waals surface area contributed by atoms with Crippen LogP contribution in [0.2, 0.25) is 0 Å². The monoisotopic (exact) mass is 345 g/mol. The number of amides is 1. The average molecular weight is 345 g/mol. The first-order chi connectivity index (χ1) is 12.7. The predicted octanol–water partition coefficient (Wildman–Crippen LogP) is 4.28. The van der Waals surface area contributed by atoms with Crippen molar-refractivity contribution in [3.8, 4) is 22.6 Å².